The molecule has 102 valence electrons. The van der Waals surface area contributed by atoms with Crippen LogP contribution in [0.3, 0.4) is 0 Å². The second-order valence-corrected chi connectivity index (χ2v) is 5.30. The molecule has 1 heterocycles. The van der Waals surface area contributed by atoms with Crippen LogP contribution in [0, 0.1) is 20.8 Å². The molecule has 0 unspecified atom stereocenters. The van der Waals surface area contributed by atoms with Gasteiger partial charge in [-0.05, 0) is 49.6 Å². The lowest BCUT2D eigenvalue weighted by atomic mass is 10.00. The number of hydrogen-bond donors (Lipinski definition) is 0. The summed E-state index contributed by atoms with van der Waals surface area (Å²) >= 11 is 0. The summed E-state index contributed by atoms with van der Waals surface area (Å²) < 4.78 is 6.98. The van der Waals surface area contributed by atoms with Crippen molar-refractivity contribution in [1.29, 1.82) is 0 Å². The molecular formula is C17H17NO2. The molecule has 0 spiro atoms. The summed E-state index contributed by atoms with van der Waals surface area (Å²) in [4.78, 5) is 12.0. The van der Waals surface area contributed by atoms with Crippen LogP contribution in [0.5, 0.6) is 0 Å². The van der Waals surface area contributed by atoms with Crippen molar-refractivity contribution in [2.75, 3.05) is 0 Å². The number of hydrogen-bond acceptors (Lipinski definition) is 2. The summed E-state index contributed by atoms with van der Waals surface area (Å²) in [6.07, 6.45) is 0. The van der Waals surface area contributed by atoms with Gasteiger partial charge >= 0.3 is 5.76 Å². The number of rotatable bonds is 2. The molecule has 0 N–H and O–H groups in total. The Morgan fingerprint density at radius 2 is 1.70 bits per heavy atom. The number of aromatic nitrogens is 1. The van der Waals surface area contributed by atoms with Gasteiger partial charge in [0.25, 0.3) is 0 Å². The number of aryl methyl sites for hydroxylation is 3. The number of benzene rings is 2. The summed E-state index contributed by atoms with van der Waals surface area (Å²) in [5.74, 6) is -0.300. The molecule has 0 fully saturated rings. The van der Waals surface area contributed by atoms with Crippen molar-refractivity contribution in [2.24, 2.45) is 0 Å². The van der Waals surface area contributed by atoms with E-state index in [-0.39, 0.29) is 5.76 Å². The predicted molar refractivity (Wildman–Crippen MR) is 80.2 cm³/mol. The Labute approximate surface area is 117 Å². The largest absolute Gasteiger partial charge is 0.420 e. The van der Waals surface area contributed by atoms with Crippen LogP contribution in [0.4, 0.5) is 0 Å². The number of para-hydroxylation sites is 2. The van der Waals surface area contributed by atoms with Gasteiger partial charge < -0.3 is 4.42 Å². The maximum Gasteiger partial charge on any atom is 0.420 e. The minimum absolute atomic E-state index is 0.300. The average Bonchev–Trinajstić information content (AvgIpc) is 2.69. The molecule has 0 atom stereocenters. The molecule has 0 bridgehead atoms. The van der Waals surface area contributed by atoms with E-state index in [1.165, 1.54) is 22.3 Å². The fourth-order valence-corrected chi connectivity index (χ4v) is 2.78. The first-order valence-corrected chi connectivity index (χ1v) is 6.71. The molecule has 20 heavy (non-hydrogen) atoms. The lowest BCUT2D eigenvalue weighted by Crippen LogP contribution is -2.16. The third-order valence-corrected chi connectivity index (χ3v) is 3.73. The van der Waals surface area contributed by atoms with Crippen LogP contribution < -0.4 is 5.76 Å². The van der Waals surface area contributed by atoms with E-state index in [4.69, 9.17) is 4.42 Å². The standard InChI is InChI=1S/C17H17NO2/c1-11-8-12(2)14(13(3)9-11)10-18-15-6-4-5-7-16(15)20-17(18)19/h4-9H,10H2,1-3H3. The van der Waals surface area contributed by atoms with E-state index in [1.54, 1.807) is 4.57 Å². The van der Waals surface area contributed by atoms with Gasteiger partial charge in [-0.3, -0.25) is 4.57 Å². The Balaban J connectivity index is 2.15. The Morgan fingerprint density at radius 1 is 1.05 bits per heavy atom. The Hall–Kier alpha value is -2.29. The first-order valence-electron chi connectivity index (χ1n) is 6.71. The van der Waals surface area contributed by atoms with Gasteiger partial charge in [0.15, 0.2) is 5.58 Å². The van der Waals surface area contributed by atoms with E-state index in [9.17, 15) is 4.79 Å². The topological polar surface area (TPSA) is 35.1 Å². The molecule has 0 aliphatic rings. The van der Waals surface area contributed by atoms with Crippen LogP contribution in [0.2, 0.25) is 0 Å². The first-order chi connectivity index (χ1) is 9.56. The van der Waals surface area contributed by atoms with Crippen molar-refractivity contribution >= 4 is 11.1 Å². The molecule has 0 saturated heterocycles. The fraction of sp³-hybridized carbons (Fsp3) is 0.235. The van der Waals surface area contributed by atoms with Gasteiger partial charge in [0.1, 0.15) is 0 Å². The maximum absolute atomic E-state index is 12.0. The number of oxazole rings is 1. The highest BCUT2D eigenvalue weighted by Gasteiger charge is 2.11. The Bertz CT molecular complexity index is 817. The molecule has 3 heteroatoms. The zero-order valence-corrected chi connectivity index (χ0v) is 11.9. The minimum Gasteiger partial charge on any atom is -0.408 e. The molecule has 0 amide bonds. The second-order valence-electron chi connectivity index (χ2n) is 5.30. The van der Waals surface area contributed by atoms with E-state index >= 15 is 0 Å². The van der Waals surface area contributed by atoms with Crippen LogP contribution in [-0.4, -0.2) is 4.57 Å². The van der Waals surface area contributed by atoms with Crippen LogP contribution in [0.1, 0.15) is 22.3 Å². The van der Waals surface area contributed by atoms with Gasteiger partial charge in [0.2, 0.25) is 0 Å². The molecule has 1 aromatic heterocycles. The van der Waals surface area contributed by atoms with Crippen LogP contribution in [0.15, 0.2) is 45.6 Å². The monoisotopic (exact) mass is 267 g/mol. The van der Waals surface area contributed by atoms with E-state index in [0.717, 1.165) is 5.52 Å². The highest BCUT2D eigenvalue weighted by Crippen LogP contribution is 2.19. The molecular weight excluding hydrogens is 250 g/mol. The smallest absolute Gasteiger partial charge is 0.408 e. The third-order valence-electron chi connectivity index (χ3n) is 3.73. The van der Waals surface area contributed by atoms with Crippen molar-refractivity contribution in [1.82, 2.24) is 4.57 Å². The zero-order valence-electron chi connectivity index (χ0n) is 11.9. The maximum atomic E-state index is 12.0. The number of nitrogens with zero attached hydrogens (tertiary/aromatic N) is 1. The minimum atomic E-state index is -0.300. The Kier molecular flexibility index (Phi) is 2.97. The van der Waals surface area contributed by atoms with Crippen molar-refractivity contribution in [3.05, 3.63) is 69.2 Å². The lowest BCUT2D eigenvalue weighted by Gasteiger charge is -2.11. The highest BCUT2D eigenvalue weighted by molar-refractivity contribution is 5.72. The molecule has 3 rings (SSSR count). The van der Waals surface area contributed by atoms with Crippen molar-refractivity contribution in [3.63, 3.8) is 0 Å². The highest BCUT2D eigenvalue weighted by atomic mass is 16.4. The normalized spacial score (nSPS) is 11.2. The lowest BCUT2D eigenvalue weighted by molar-refractivity contribution is 0.517. The summed E-state index contributed by atoms with van der Waals surface area (Å²) in [6.45, 7) is 6.81. The van der Waals surface area contributed by atoms with Crippen molar-refractivity contribution in [2.45, 2.75) is 27.3 Å². The first kappa shape index (κ1) is 12.7. The molecule has 0 saturated carbocycles. The zero-order chi connectivity index (χ0) is 14.3. The SMILES string of the molecule is Cc1cc(C)c(Cn2c(=O)oc3ccccc32)c(C)c1. The van der Waals surface area contributed by atoms with Gasteiger partial charge in [-0.25, -0.2) is 4.79 Å². The number of fused-ring (bicyclic) bond motifs is 1. The average molecular weight is 267 g/mol. The van der Waals surface area contributed by atoms with Gasteiger partial charge in [-0.1, -0.05) is 29.8 Å². The van der Waals surface area contributed by atoms with Crippen molar-refractivity contribution in [3.8, 4) is 0 Å². The summed E-state index contributed by atoms with van der Waals surface area (Å²) in [5.41, 5.74) is 6.33. The predicted octanol–water partition coefficient (Wildman–Crippen LogP) is 3.57. The molecule has 3 aromatic rings. The van der Waals surface area contributed by atoms with Gasteiger partial charge in [0.05, 0.1) is 12.1 Å². The summed E-state index contributed by atoms with van der Waals surface area (Å²) in [7, 11) is 0. The van der Waals surface area contributed by atoms with Crippen LogP contribution >= 0.6 is 0 Å². The van der Waals surface area contributed by atoms with Crippen LogP contribution in [0.25, 0.3) is 11.1 Å². The van der Waals surface area contributed by atoms with E-state index in [0.29, 0.717) is 12.1 Å². The molecule has 0 aliphatic carbocycles. The summed E-state index contributed by atoms with van der Waals surface area (Å²) in [6, 6.07) is 11.8. The third kappa shape index (κ3) is 2.05. The Morgan fingerprint density at radius 3 is 2.40 bits per heavy atom. The molecule has 3 nitrogen and oxygen atoms in total. The van der Waals surface area contributed by atoms with E-state index in [2.05, 4.69) is 32.9 Å². The molecule has 2 aromatic carbocycles. The van der Waals surface area contributed by atoms with Gasteiger partial charge in [-0.15, -0.1) is 0 Å². The van der Waals surface area contributed by atoms with Crippen LogP contribution in [-0.2, 0) is 6.54 Å². The second kappa shape index (κ2) is 4.67. The molecule has 0 radical (unpaired) electrons. The summed E-state index contributed by atoms with van der Waals surface area (Å²) in [5, 5.41) is 0. The van der Waals surface area contributed by atoms with E-state index in [1.807, 2.05) is 24.3 Å². The van der Waals surface area contributed by atoms with E-state index < -0.39 is 0 Å². The molecule has 0 aliphatic heterocycles. The van der Waals surface area contributed by atoms with Gasteiger partial charge in [-0.2, -0.15) is 0 Å². The quantitative estimate of drug-likeness (QED) is 0.711. The fourth-order valence-electron chi connectivity index (χ4n) is 2.78. The van der Waals surface area contributed by atoms with Gasteiger partial charge in [0, 0.05) is 0 Å². The van der Waals surface area contributed by atoms with Crippen molar-refractivity contribution < 1.29 is 4.42 Å².